The van der Waals surface area contributed by atoms with Gasteiger partial charge in [0.25, 0.3) is 0 Å². The van der Waals surface area contributed by atoms with Crippen molar-refractivity contribution >= 4 is 58.0 Å². The first-order valence-electron chi connectivity index (χ1n) is 3.51. The van der Waals surface area contributed by atoms with Crippen LogP contribution in [0, 0.1) is 0 Å². The zero-order valence-corrected chi connectivity index (χ0v) is 12.4. The minimum absolute atomic E-state index is 0. The van der Waals surface area contributed by atoms with Gasteiger partial charge < -0.3 is 24.8 Å². The van der Waals surface area contributed by atoms with Gasteiger partial charge in [0.15, 0.2) is 0 Å². The van der Waals surface area contributed by atoms with E-state index in [-0.39, 0.29) is 55.3 Å². The predicted octanol–water partition coefficient (Wildman–Crippen LogP) is -2.30. The number of phenolic OH excluding ortho intramolecular Hbond substituents is 2. The molecule has 0 atom stereocenters. The molecule has 9 nitrogen and oxygen atoms in total. The quantitative estimate of drug-likeness (QED) is 0.345. The summed E-state index contributed by atoms with van der Waals surface area (Å²) < 4.78 is 63.1. The minimum atomic E-state index is -5.08. The second kappa shape index (κ2) is 6.34. The fourth-order valence-corrected chi connectivity index (χ4v) is 2.08. The van der Waals surface area contributed by atoms with Crippen molar-refractivity contribution < 1.29 is 41.6 Å². The fraction of sp³-hybridized carbons (Fsp3) is 0. The second-order valence-electron chi connectivity index (χ2n) is 2.70. The topological polar surface area (TPSA) is 186 Å². The van der Waals surface area contributed by atoms with E-state index in [2.05, 4.69) is 0 Å². The molecule has 18 heavy (non-hydrogen) atoms. The van der Waals surface area contributed by atoms with Crippen molar-refractivity contribution in [2.24, 2.45) is 0 Å². The van der Waals surface area contributed by atoms with Gasteiger partial charge in [-0.2, -0.15) is 0 Å². The SMILES string of the molecule is O.O=S(=O)([O-])c1cc(O)c(S(=O)(=O)[O-])cc1O.[Ca+2]. The summed E-state index contributed by atoms with van der Waals surface area (Å²) in [5.41, 5.74) is 0. The first-order chi connectivity index (χ1) is 7.03. The summed E-state index contributed by atoms with van der Waals surface area (Å²) in [7, 11) is -10.2. The number of rotatable bonds is 2. The van der Waals surface area contributed by atoms with E-state index in [0.29, 0.717) is 0 Å². The Bertz CT molecular complexity index is 576. The molecule has 0 amide bonds. The van der Waals surface area contributed by atoms with Gasteiger partial charge in [0.2, 0.25) is 0 Å². The standard InChI is InChI=1S/C6H6O8S2.Ca.H2O/c7-3-1-5(15(9,10)11)4(8)2-6(3)16(12,13)14;;/h1-2,7-8H,(H,9,10,11)(H,12,13,14);;1H2/q;+2;/p-2. The normalized spacial score (nSPS) is 11.2. The second-order valence-corrected chi connectivity index (χ2v) is 5.39. The van der Waals surface area contributed by atoms with Gasteiger partial charge >= 0.3 is 37.7 Å². The van der Waals surface area contributed by atoms with Crippen molar-refractivity contribution in [1.29, 1.82) is 0 Å². The first-order valence-corrected chi connectivity index (χ1v) is 6.33. The van der Waals surface area contributed by atoms with Gasteiger partial charge in [0.05, 0.1) is 9.79 Å². The van der Waals surface area contributed by atoms with E-state index < -0.39 is 41.5 Å². The number of hydrogen-bond acceptors (Lipinski definition) is 8. The number of hydrogen-bond donors (Lipinski definition) is 2. The summed E-state index contributed by atoms with van der Waals surface area (Å²) in [6, 6.07) is 0.394. The predicted molar refractivity (Wildman–Crippen MR) is 55.1 cm³/mol. The molecule has 98 valence electrons. The first kappa shape index (κ1) is 20.2. The maximum Gasteiger partial charge on any atom is 2.00 e. The van der Waals surface area contributed by atoms with E-state index in [1.165, 1.54) is 0 Å². The Morgan fingerprint density at radius 1 is 0.833 bits per heavy atom. The molecule has 0 saturated heterocycles. The minimum Gasteiger partial charge on any atom is -0.744 e. The van der Waals surface area contributed by atoms with Gasteiger partial charge in [-0.15, -0.1) is 0 Å². The molecule has 1 aromatic rings. The van der Waals surface area contributed by atoms with Gasteiger partial charge in [-0.05, 0) is 0 Å². The van der Waals surface area contributed by atoms with Crippen molar-refractivity contribution in [3.05, 3.63) is 12.1 Å². The van der Waals surface area contributed by atoms with Crippen LogP contribution in [0.25, 0.3) is 0 Å². The summed E-state index contributed by atoms with van der Waals surface area (Å²) in [4.78, 5) is -2.42. The van der Waals surface area contributed by atoms with Gasteiger partial charge in [-0.1, -0.05) is 0 Å². The van der Waals surface area contributed by atoms with Gasteiger partial charge in [-0.25, -0.2) is 16.8 Å². The van der Waals surface area contributed by atoms with Crippen LogP contribution in [0.4, 0.5) is 0 Å². The molecule has 1 rings (SSSR count). The molecule has 0 unspecified atom stereocenters. The summed E-state index contributed by atoms with van der Waals surface area (Å²) in [5, 5.41) is 18.0. The van der Waals surface area contributed by atoms with Crippen molar-refractivity contribution in [2.75, 3.05) is 0 Å². The van der Waals surface area contributed by atoms with Crippen molar-refractivity contribution in [1.82, 2.24) is 0 Å². The fourth-order valence-electron chi connectivity index (χ4n) is 0.939. The molecule has 4 N–H and O–H groups in total. The molecule has 0 radical (unpaired) electrons. The largest absolute Gasteiger partial charge is 2.00 e. The summed E-state index contributed by atoms with van der Waals surface area (Å²) >= 11 is 0. The molecule has 1 aromatic carbocycles. The molecule has 0 aliphatic rings. The van der Waals surface area contributed by atoms with Gasteiger partial charge in [0.1, 0.15) is 31.7 Å². The average Bonchev–Trinajstić information content (AvgIpc) is 2.04. The van der Waals surface area contributed by atoms with Crippen molar-refractivity contribution in [3.63, 3.8) is 0 Å². The maximum atomic E-state index is 10.5. The molecular formula is C6H6CaO9S2. The van der Waals surface area contributed by atoms with E-state index in [9.17, 15) is 25.9 Å². The van der Waals surface area contributed by atoms with Crippen LogP contribution in [-0.2, 0) is 20.2 Å². The van der Waals surface area contributed by atoms with E-state index in [0.717, 1.165) is 0 Å². The molecule has 0 aliphatic heterocycles. The maximum absolute atomic E-state index is 10.5. The molecule has 0 spiro atoms. The average molecular weight is 326 g/mol. The van der Waals surface area contributed by atoms with Crippen LogP contribution in [0.3, 0.4) is 0 Å². The molecule has 0 aliphatic carbocycles. The van der Waals surface area contributed by atoms with Crippen LogP contribution in [0.15, 0.2) is 21.9 Å². The van der Waals surface area contributed by atoms with Crippen molar-refractivity contribution in [2.45, 2.75) is 9.79 Å². The Hall–Kier alpha value is -0.140. The summed E-state index contributed by atoms with van der Waals surface area (Å²) in [5.74, 6) is -2.44. The van der Waals surface area contributed by atoms with Gasteiger partial charge in [-0.3, -0.25) is 0 Å². The van der Waals surface area contributed by atoms with E-state index in [1.54, 1.807) is 0 Å². The van der Waals surface area contributed by atoms with Crippen molar-refractivity contribution in [3.8, 4) is 11.5 Å². The zero-order valence-electron chi connectivity index (χ0n) is 8.52. The Balaban J connectivity index is 0. The Labute approximate surface area is 132 Å². The molecule has 0 saturated carbocycles. The molecular weight excluding hydrogens is 320 g/mol. The van der Waals surface area contributed by atoms with Crippen LogP contribution in [-0.4, -0.2) is 79.4 Å². The zero-order chi connectivity index (χ0) is 12.7. The molecule has 12 heteroatoms. The number of aromatic hydroxyl groups is 2. The monoisotopic (exact) mass is 326 g/mol. The van der Waals surface area contributed by atoms with Crippen LogP contribution in [0.2, 0.25) is 0 Å². The number of benzene rings is 1. The third-order valence-corrected chi connectivity index (χ3v) is 3.31. The molecule has 0 fully saturated rings. The smallest absolute Gasteiger partial charge is 0.744 e. The molecule has 0 bridgehead atoms. The van der Waals surface area contributed by atoms with E-state index in [4.69, 9.17) is 10.2 Å². The third kappa shape index (κ3) is 4.51. The molecule has 0 heterocycles. The number of phenols is 2. The Kier molecular flexibility index (Phi) is 7.11. The Morgan fingerprint density at radius 3 is 1.22 bits per heavy atom. The van der Waals surface area contributed by atoms with Crippen LogP contribution < -0.4 is 0 Å². The third-order valence-electron chi connectivity index (χ3n) is 1.58. The summed E-state index contributed by atoms with van der Waals surface area (Å²) in [6.07, 6.45) is 0. The molecule has 0 aromatic heterocycles. The Morgan fingerprint density at radius 2 is 1.06 bits per heavy atom. The van der Waals surface area contributed by atoms with E-state index in [1.807, 2.05) is 0 Å². The van der Waals surface area contributed by atoms with Crippen LogP contribution in [0.1, 0.15) is 0 Å². The van der Waals surface area contributed by atoms with Gasteiger partial charge in [0, 0.05) is 12.1 Å². The van der Waals surface area contributed by atoms with Crippen LogP contribution in [0.5, 0.6) is 11.5 Å². The summed E-state index contributed by atoms with van der Waals surface area (Å²) in [6.45, 7) is 0. The van der Waals surface area contributed by atoms with E-state index >= 15 is 0 Å². The van der Waals surface area contributed by atoms with Crippen LogP contribution >= 0.6 is 0 Å².